The second-order valence-electron chi connectivity index (χ2n) is 6.91. The van der Waals surface area contributed by atoms with Gasteiger partial charge in [-0.1, -0.05) is 6.92 Å². The van der Waals surface area contributed by atoms with Crippen LogP contribution in [-0.4, -0.2) is 40.3 Å². The Labute approximate surface area is 159 Å². The van der Waals surface area contributed by atoms with Crippen LogP contribution >= 0.6 is 0 Å². The van der Waals surface area contributed by atoms with E-state index in [1.54, 1.807) is 6.20 Å². The van der Waals surface area contributed by atoms with E-state index in [4.69, 9.17) is 9.40 Å². The summed E-state index contributed by atoms with van der Waals surface area (Å²) in [5.41, 5.74) is 2.90. The predicted molar refractivity (Wildman–Crippen MR) is 106 cm³/mol. The maximum atomic E-state index is 12.8. The fourth-order valence-corrected chi connectivity index (χ4v) is 3.14. The molecule has 27 heavy (non-hydrogen) atoms. The van der Waals surface area contributed by atoms with Crippen molar-refractivity contribution in [3.8, 4) is 11.3 Å². The van der Waals surface area contributed by atoms with Crippen molar-refractivity contribution in [1.82, 2.24) is 25.4 Å². The first kappa shape index (κ1) is 19.1. The standard InChI is InChI=1S/C20H27N5O2/c1-6-21-7-8-22-20(26)16-10-18(15-9-13(4)27-14(15)5)24-19-17(16)11-23-25(19)12(2)3/h9-12,21H,6-8H2,1-5H3,(H,22,26). The Bertz CT molecular complexity index is 955. The van der Waals surface area contributed by atoms with Gasteiger partial charge in [-0.05, 0) is 46.4 Å². The van der Waals surface area contributed by atoms with Crippen LogP contribution in [0.15, 0.2) is 22.7 Å². The van der Waals surface area contributed by atoms with Crippen LogP contribution in [0.5, 0.6) is 0 Å². The summed E-state index contributed by atoms with van der Waals surface area (Å²) in [6, 6.07) is 3.92. The Balaban J connectivity index is 2.08. The van der Waals surface area contributed by atoms with E-state index in [2.05, 4.69) is 15.7 Å². The quantitative estimate of drug-likeness (QED) is 0.625. The molecule has 0 saturated carbocycles. The second kappa shape index (κ2) is 7.92. The molecule has 7 nitrogen and oxygen atoms in total. The van der Waals surface area contributed by atoms with Gasteiger partial charge in [-0.25, -0.2) is 9.67 Å². The summed E-state index contributed by atoms with van der Waals surface area (Å²) in [4.78, 5) is 17.6. The largest absolute Gasteiger partial charge is 0.466 e. The number of nitrogens with one attached hydrogen (secondary N) is 2. The fraction of sp³-hybridized carbons (Fsp3) is 0.450. The van der Waals surface area contributed by atoms with Gasteiger partial charge >= 0.3 is 0 Å². The van der Waals surface area contributed by atoms with Crippen molar-refractivity contribution in [1.29, 1.82) is 0 Å². The Kier molecular flexibility index (Phi) is 5.60. The summed E-state index contributed by atoms with van der Waals surface area (Å²) >= 11 is 0. The molecule has 2 N–H and O–H groups in total. The Hall–Kier alpha value is -2.67. The smallest absolute Gasteiger partial charge is 0.252 e. The highest BCUT2D eigenvalue weighted by atomic mass is 16.3. The van der Waals surface area contributed by atoms with Gasteiger partial charge in [0.15, 0.2) is 5.65 Å². The number of furan rings is 1. The van der Waals surface area contributed by atoms with Crippen LogP contribution < -0.4 is 10.6 Å². The van der Waals surface area contributed by atoms with E-state index in [9.17, 15) is 4.79 Å². The van der Waals surface area contributed by atoms with E-state index in [0.717, 1.165) is 41.3 Å². The fourth-order valence-electron chi connectivity index (χ4n) is 3.14. The third-order valence-electron chi connectivity index (χ3n) is 4.45. The molecule has 0 aliphatic carbocycles. The molecule has 0 bridgehead atoms. The number of carbonyl (C=O) groups is 1. The lowest BCUT2D eigenvalue weighted by molar-refractivity contribution is 0.0955. The number of hydrogen-bond acceptors (Lipinski definition) is 5. The lowest BCUT2D eigenvalue weighted by atomic mass is 10.1. The van der Waals surface area contributed by atoms with Crippen LogP contribution in [0, 0.1) is 13.8 Å². The number of hydrogen-bond donors (Lipinski definition) is 2. The number of pyridine rings is 1. The van der Waals surface area contributed by atoms with E-state index in [1.807, 2.05) is 51.4 Å². The Morgan fingerprint density at radius 1 is 1.26 bits per heavy atom. The lowest BCUT2D eigenvalue weighted by Crippen LogP contribution is -2.31. The zero-order valence-corrected chi connectivity index (χ0v) is 16.6. The van der Waals surface area contributed by atoms with Gasteiger partial charge in [0.05, 0.1) is 22.8 Å². The Morgan fingerprint density at radius 3 is 2.67 bits per heavy atom. The molecular formula is C20H27N5O2. The van der Waals surface area contributed by atoms with Crippen molar-refractivity contribution >= 4 is 16.9 Å². The van der Waals surface area contributed by atoms with Gasteiger partial charge in [0.2, 0.25) is 0 Å². The van der Waals surface area contributed by atoms with Gasteiger partial charge in [-0.15, -0.1) is 0 Å². The summed E-state index contributed by atoms with van der Waals surface area (Å²) in [6.45, 7) is 12.1. The van der Waals surface area contributed by atoms with E-state index < -0.39 is 0 Å². The number of carbonyl (C=O) groups excluding carboxylic acids is 1. The summed E-state index contributed by atoms with van der Waals surface area (Å²) in [7, 11) is 0. The van der Waals surface area contributed by atoms with Crippen molar-refractivity contribution in [3.63, 3.8) is 0 Å². The number of rotatable bonds is 7. The molecule has 3 aromatic heterocycles. The van der Waals surface area contributed by atoms with Crippen molar-refractivity contribution < 1.29 is 9.21 Å². The molecular weight excluding hydrogens is 342 g/mol. The molecule has 0 radical (unpaired) electrons. The minimum atomic E-state index is -0.122. The maximum absolute atomic E-state index is 12.8. The molecule has 0 spiro atoms. The van der Waals surface area contributed by atoms with Crippen LogP contribution in [0.2, 0.25) is 0 Å². The molecule has 3 rings (SSSR count). The number of aromatic nitrogens is 3. The lowest BCUT2D eigenvalue weighted by Gasteiger charge is -2.11. The van der Waals surface area contributed by atoms with E-state index in [-0.39, 0.29) is 11.9 Å². The first-order valence-corrected chi connectivity index (χ1v) is 9.37. The Morgan fingerprint density at radius 2 is 2.04 bits per heavy atom. The summed E-state index contributed by atoms with van der Waals surface area (Å²) in [5, 5.41) is 11.4. The molecule has 0 aliphatic rings. The van der Waals surface area contributed by atoms with Crippen molar-refractivity contribution in [2.75, 3.05) is 19.6 Å². The van der Waals surface area contributed by atoms with Gasteiger partial charge in [-0.3, -0.25) is 4.79 Å². The highest BCUT2D eigenvalue weighted by Crippen LogP contribution is 2.29. The van der Waals surface area contributed by atoms with Gasteiger partial charge in [-0.2, -0.15) is 5.10 Å². The van der Waals surface area contributed by atoms with Crippen LogP contribution in [0.4, 0.5) is 0 Å². The van der Waals surface area contributed by atoms with Crippen LogP contribution in [-0.2, 0) is 0 Å². The molecule has 0 saturated heterocycles. The molecule has 1 amide bonds. The average Bonchev–Trinajstić information content (AvgIpc) is 3.20. The first-order valence-electron chi connectivity index (χ1n) is 9.37. The molecule has 0 aromatic carbocycles. The van der Waals surface area contributed by atoms with E-state index in [1.165, 1.54) is 0 Å². The van der Waals surface area contributed by atoms with Crippen molar-refractivity contribution in [2.24, 2.45) is 0 Å². The number of amides is 1. The predicted octanol–water partition coefficient (Wildman–Crippen LogP) is 3.23. The van der Waals surface area contributed by atoms with Crippen molar-refractivity contribution in [2.45, 2.75) is 40.7 Å². The number of aryl methyl sites for hydroxylation is 2. The third kappa shape index (κ3) is 3.88. The zero-order valence-electron chi connectivity index (χ0n) is 16.6. The van der Waals surface area contributed by atoms with Gasteiger partial charge in [0, 0.05) is 24.7 Å². The normalized spacial score (nSPS) is 11.5. The number of fused-ring (bicyclic) bond motifs is 1. The molecule has 144 valence electrons. The second-order valence-corrected chi connectivity index (χ2v) is 6.91. The first-order chi connectivity index (χ1) is 12.9. The van der Waals surface area contributed by atoms with Gasteiger partial charge in [0.25, 0.3) is 5.91 Å². The van der Waals surface area contributed by atoms with Crippen LogP contribution in [0.25, 0.3) is 22.3 Å². The summed E-state index contributed by atoms with van der Waals surface area (Å²) in [5.74, 6) is 1.48. The zero-order chi connectivity index (χ0) is 19.6. The molecule has 3 heterocycles. The minimum Gasteiger partial charge on any atom is -0.466 e. The molecule has 7 heteroatoms. The summed E-state index contributed by atoms with van der Waals surface area (Å²) in [6.07, 6.45) is 1.72. The molecule has 0 unspecified atom stereocenters. The highest BCUT2D eigenvalue weighted by Gasteiger charge is 2.20. The van der Waals surface area contributed by atoms with E-state index >= 15 is 0 Å². The van der Waals surface area contributed by atoms with Gasteiger partial charge in [0.1, 0.15) is 11.5 Å². The SMILES string of the molecule is CCNCCNC(=O)c1cc(-c2cc(C)oc2C)nc2c1cnn2C(C)C. The van der Waals surface area contributed by atoms with E-state index in [0.29, 0.717) is 17.8 Å². The minimum absolute atomic E-state index is 0.122. The highest BCUT2D eigenvalue weighted by molar-refractivity contribution is 6.06. The summed E-state index contributed by atoms with van der Waals surface area (Å²) < 4.78 is 7.50. The molecule has 0 atom stereocenters. The van der Waals surface area contributed by atoms with Crippen LogP contribution in [0.1, 0.15) is 48.7 Å². The topological polar surface area (TPSA) is 85.0 Å². The molecule has 0 fully saturated rings. The number of nitrogens with zero attached hydrogens (tertiary/aromatic N) is 3. The van der Waals surface area contributed by atoms with Gasteiger partial charge < -0.3 is 15.1 Å². The average molecular weight is 369 g/mol. The number of likely N-dealkylation sites (N-methyl/N-ethyl adjacent to an activating group) is 1. The van der Waals surface area contributed by atoms with Crippen molar-refractivity contribution in [3.05, 3.63) is 35.4 Å². The molecule has 3 aromatic rings. The van der Waals surface area contributed by atoms with Crippen LogP contribution in [0.3, 0.4) is 0 Å². The monoisotopic (exact) mass is 369 g/mol. The maximum Gasteiger partial charge on any atom is 0.252 e. The molecule has 0 aliphatic heterocycles. The third-order valence-corrected chi connectivity index (χ3v) is 4.45.